The molecule has 0 fully saturated rings. The van der Waals surface area contributed by atoms with Crippen molar-refractivity contribution in [2.24, 2.45) is 0 Å². The van der Waals surface area contributed by atoms with Crippen LogP contribution in [-0.2, 0) is 11.3 Å². The van der Waals surface area contributed by atoms with Crippen molar-refractivity contribution in [2.75, 3.05) is 0 Å². The van der Waals surface area contributed by atoms with Gasteiger partial charge in [0, 0.05) is 4.88 Å². The third-order valence-electron chi connectivity index (χ3n) is 4.36. The fourth-order valence-corrected chi connectivity index (χ4v) is 3.78. The van der Waals surface area contributed by atoms with Gasteiger partial charge in [0.1, 0.15) is 17.9 Å². The molecule has 0 bridgehead atoms. The van der Waals surface area contributed by atoms with Crippen LogP contribution in [0.25, 0.3) is 0 Å². The highest BCUT2D eigenvalue weighted by atomic mass is 32.1. The molecule has 0 spiro atoms. The van der Waals surface area contributed by atoms with E-state index in [1.165, 1.54) is 4.68 Å². The Kier molecular flexibility index (Phi) is 5.36. The molecule has 2 aromatic heterocycles. The second-order valence-electron chi connectivity index (χ2n) is 6.36. The van der Waals surface area contributed by atoms with Gasteiger partial charge >= 0.3 is 5.69 Å². The summed E-state index contributed by atoms with van der Waals surface area (Å²) < 4.78 is 1.38. The first-order chi connectivity index (χ1) is 12.9. The number of amides is 1. The zero-order valence-electron chi connectivity index (χ0n) is 15.3. The Morgan fingerprint density at radius 1 is 1.26 bits per heavy atom. The molecule has 0 aliphatic carbocycles. The van der Waals surface area contributed by atoms with Crippen molar-refractivity contribution in [3.63, 3.8) is 0 Å². The summed E-state index contributed by atoms with van der Waals surface area (Å²) in [6.07, 6.45) is 0. The lowest BCUT2D eigenvalue weighted by Crippen LogP contribution is -2.32. The molecule has 27 heavy (non-hydrogen) atoms. The lowest BCUT2D eigenvalue weighted by atomic mass is 10.0. The van der Waals surface area contributed by atoms with Crippen LogP contribution in [0, 0.1) is 30.9 Å². The van der Waals surface area contributed by atoms with E-state index >= 15 is 0 Å². The van der Waals surface area contributed by atoms with Gasteiger partial charge in [0.15, 0.2) is 0 Å². The summed E-state index contributed by atoms with van der Waals surface area (Å²) in [5.74, 6) is -0.255. The number of nitrogens with one attached hydrogen (secondary N) is 1. The highest BCUT2D eigenvalue weighted by Gasteiger charge is 2.24. The van der Waals surface area contributed by atoms with E-state index in [9.17, 15) is 14.9 Å². The van der Waals surface area contributed by atoms with Gasteiger partial charge in [-0.3, -0.25) is 19.6 Å². The van der Waals surface area contributed by atoms with Crippen molar-refractivity contribution in [1.82, 2.24) is 15.1 Å². The number of benzene rings is 1. The third-order valence-corrected chi connectivity index (χ3v) is 5.30. The molecule has 0 aliphatic heterocycles. The van der Waals surface area contributed by atoms with Crippen LogP contribution in [0.5, 0.6) is 0 Å². The molecular formula is C19H20N4O3S. The topological polar surface area (TPSA) is 90.1 Å². The van der Waals surface area contributed by atoms with Gasteiger partial charge < -0.3 is 5.32 Å². The summed E-state index contributed by atoms with van der Waals surface area (Å²) in [6, 6.07) is 11.6. The van der Waals surface area contributed by atoms with E-state index < -0.39 is 4.92 Å². The highest BCUT2D eigenvalue weighted by molar-refractivity contribution is 7.10. The van der Waals surface area contributed by atoms with Crippen LogP contribution in [0.1, 0.15) is 33.4 Å². The number of hydrogen-bond acceptors (Lipinski definition) is 5. The number of nitro groups is 1. The number of nitrogens with zero attached hydrogens (tertiary/aromatic N) is 3. The lowest BCUT2D eigenvalue weighted by Gasteiger charge is -2.18. The minimum atomic E-state index is -0.465. The number of thiophene rings is 1. The van der Waals surface area contributed by atoms with E-state index in [4.69, 9.17) is 0 Å². The Labute approximate surface area is 160 Å². The van der Waals surface area contributed by atoms with Crippen molar-refractivity contribution >= 4 is 22.9 Å². The van der Waals surface area contributed by atoms with Gasteiger partial charge in [-0.1, -0.05) is 35.9 Å². The summed E-state index contributed by atoms with van der Waals surface area (Å²) >= 11 is 1.57. The van der Waals surface area contributed by atoms with Gasteiger partial charge in [-0.2, -0.15) is 5.10 Å². The Morgan fingerprint density at radius 2 is 1.96 bits per heavy atom. The van der Waals surface area contributed by atoms with Crippen molar-refractivity contribution in [3.05, 3.63) is 79.3 Å². The van der Waals surface area contributed by atoms with Gasteiger partial charge in [-0.05, 0) is 37.8 Å². The molecule has 0 radical (unpaired) electrons. The van der Waals surface area contributed by atoms with Crippen molar-refractivity contribution < 1.29 is 9.72 Å². The van der Waals surface area contributed by atoms with Crippen LogP contribution in [0.3, 0.4) is 0 Å². The zero-order chi connectivity index (χ0) is 19.6. The molecule has 140 valence electrons. The number of aromatic nitrogens is 2. The molecule has 1 amide bonds. The SMILES string of the molecule is Cc1ccc(C(NC(=O)Cn2nc(C)c([N+](=O)[O-])c2C)c2cccs2)cc1. The molecule has 2 heterocycles. The maximum absolute atomic E-state index is 12.7. The van der Waals surface area contributed by atoms with Crippen LogP contribution < -0.4 is 5.32 Å². The Morgan fingerprint density at radius 3 is 2.52 bits per heavy atom. The zero-order valence-corrected chi connectivity index (χ0v) is 16.1. The standard InChI is InChI=1S/C19H20N4O3S/c1-12-6-8-15(9-7-12)18(16-5-4-10-27-16)20-17(24)11-22-14(3)19(23(25)26)13(2)21-22/h4-10,18H,11H2,1-3H3,(H,20,24). The molecule has 3 aromatic rings. The summed E-state index contributed by atoms with van der Waals surface area (Å²) in [5, 5.41) is 20.3. The minimum absolute atomic E-state index is 0.0452. The summed E-state index contributed by atoms with van der Waals surface area (Å²) in [5.41, 5.74) is 2.76. The van der Waals surface area contributed by atoms with Crippen LogP contribution in [0.15, 0.2) is 41.8 Å². The second-order valence-corrected chi connectivity index (χ2v) is 7.34. The lowest BCUT2D eigenvalue weighted by molar-refractivity contribution is -0.386. The highest BCUT2D eigenvalue weighted by Crippen LogP contribution is 2.27. The van der Waals surface area contributed by atoms with Crippen molar-refractivity contribution in [1.29, 1.82) is 0 Å². The fourth-order valence-electron chi connectivity index (χ4n) is 2.98. The molecule has 0 aliphatic rings. The maximum Gasteiger partial charge on any atom is 0.312 e. The molecular weight excluding hydrogens is 364 g/mol. The second kappa shape index (κ2) is 7.71. The molecule has 3 rings (SSSR count). The van der Waals surface area contributed by atoms with Crippen molar-refractivity contribution in [3.8, 4) is 0 Å². The van der Waals surface area contributed by atoms with Crippen LogP contribution >= 0.6 is 11.3 Å². The summed E-state index contributed by atoms with van der Waals surface area (Å²) in [4.78, 5) is 24.4. The number of carbonyl (C=O) groups excluding carboxylic acids is 1. The summed E-state index contributed by atoms with van der Waals surface area (Å²) in [7, 11) is 0. The van der Waals surface area contributed by atoms with Gasteiger partial charge in [0.2, 0.25) is 5.91 Å². The van der Waals surface area contributed by atoms with E-state index in [-0.39, 0.29) is 24.2 Å². The predicted octanol–water partition coefficient (Wildman–Crippen LogP) is 3.68. The first kappa shape index (κ1) is 18.8. The number of rotatable bonds is 6. The molecule has 1 aromatic carbocycles. The van der Waals surface area contributed by atoms with Crippen LogP contribution in [0.4, 0.5) is 5.69 Å². The molecule has 7 nitrogen and oxygen atoms in total. The van der Waals surface area contributed by atoms with Gasteiger partial charge in [0.25, 0.3) is 0 Å². The molecule has 0 saturated heterocycles. The Hall–Kier alpha value is -3.00. The largest absolute Gasteiger partial charge is 0.343 e. The monoisotopic (exact) mass is 384 g/mol. The quantitative estimate of drug-likeness (QED) is 0.518. The number of aryl methyl sites for hydroxylation is 2. The molecule has 1 atom stereocenters. The maximum atomic E-state index is 12.7. The Bertz CT molecular complexity index is 962. The van der Waals surface area contributed by atoms with E-state index in [1.807, 2.05) is 48.7 Å². The van der Waals surface area contributed by atoms with Crippen LogP contribution in [0.2, 0.25) is 0 Å². The normalized spacial score (nSPS) is 12.0. The smallest absolute Gasteiger partial charge is 0.312 e. The average Bonchev–Trinajstić information content (AvgIpc) is 3.22. The minimum Gasteiger partial charge on any atom is -0.343 e. The predicted molar refractivity (Wildman–Crippen MR) is 104 cm³/mol. The van der Waals surface area contributed by atoms with Crippen LogP contribution in [-0.4, -0.2) is 20.6 Å². The van der Waals surface area contributed by atoms with Gasteiger partial charge in [0.05, 0.1) is 11.0 Å². The third kappa shape index (κ3) is 4.06. The summed E-state index contributed by atoms with van der Waals surface area (Å²) in [6.45, 7) is 5.11. The fraction of sp³-hybridized carbons (Fsp3) is 0.263. The average molecular weight is 384 g/mol. The van der Waals surface area contributed by atoms with E-state index in [0.717, 1.165) is 16.0 Å². The first-order valence-electron chi connectivity index (χ1n) is 8.44. The molecule has 1 N–H and O–H groups in total. The van der Waals surface area contributed by atoms with Gasteiger partial charge in [-0.25, -0.2) is 0 Å². The Balaban J connectivity index is 1.82. The van der Waals surface area contributed by atoms with E-state index in [1.54, 1.807) is 25.2 Å². The van der Waals surface area contributed by atoms with E-state index in [0.29, 0.717) is 11.4 Å². The first-order valence-corrected chi connectivity index (χ1v) is 9.32. The molecule has 8 heteroatoms. The van der Waals surface area contributed by atoms with Gasteiger partial charge in [-0.15, -0.1) is 11.3 Å². The molecule has 0 saturated carbocycles. The molecule has 1 unspecified atom stereocenters. The van der Waals surface area contributed by atoms with E-state index in [2.05, 4.69) is 10.4 Å². The van der Waals surface area contributed by atoms with Crippen molar-refractivity contribution in [2.45, 2.75) is 33.4 Å². The number of carbonyl (C=O) groups is 1. The number of hydrogen-bond donors (Lipinski definition) is 1.